The van der Waals surface area contributed by atoms with Crippen LogP contribution in [-0.4, -0.2) is 8.07 Å². The molecule has 0 heterocycles. The van der Waals surface area contributed by atoms with Gasteiger partial charge in [0.15, 0.2) is 8.07 Å². The fourth-order valence-corrected chi connectivity index (χ4v) is 10.8. The number of benzene rings is 4. The second kappa shape index (κ2) is 8.84. The first-order valence-corrected chi connectivity index (χ1v) is 13.8. The molecule has 0 nitrogen and oxygen atoms in total. The van der Waals surface area contributed by atoms with Crippen molar-refractivity contribution in [2.45, 2.75) is 26.3 Å². The SMILES string of the molecule is Cc1cccc([Si](c2cccc(C)c2)(c2cccc(C)c2)C2C=CC(c3ccccc3)=C2)c1. The third-order valence-corrected chi connectivity index (χ3v) is 11.9. The Labute approximate surface area is 199 Å². The Morgan fingerprint density at radius 2 is 1.03 bits per heavy atom. The van der Waals surface area contributed by atoms with Gasteiger partial charge in [-0.1, -0.05) is 138 Å². The minimum Gasteiger partial charge on any atom is -0.0787 e. The predicted octanol–water partition coefficient (Wildman–Crippen LogP) is 6.11. The van der Waals surface area contributed by atoms with Crippen LogP contribution in [0.3, 0.4) is 0 Å². The van der Waals surface area contributed by atoms with Gasteiger partial charge in [-0.25, -0.2) is 0 Å². The minimum absolute atomic E-state index is 0.332. The van der Waals surface area contributed by atoms with Gasteiger partial charge < -0.3 is 0 Å². The first-order valence-electron chi connectivity index (χ1n) is 11.7. The Morgan fingerprint density at radius 3 is 1.48 bits per heavy atom. The summed E-state index contributed by atoms with van der Waals surface area (Å²) in [4.78, 5) is 0. The Bertz CT molecular complexity index is 1230. The van der Waals surface area contributed by atoms with Crippen molar-refractivity contribution in [1.29, 1.82) is 0 Å². The quantitative estimate of drug-likeness (QED) is 0.259. The molecule has 33 heavy (non-hydrogen) atoms. The van der Waals surface area contributed by atoms with E-state index >= 15 is 0 Å². The number of rotatable bonds is 5. The molecule has 0 amide bonds. The lowest BCUT2D eigenvalue weighted by Gasteiger charge is -2.38. The van der Waals surface area contributed by atoms with E-state index in [2.05, 4.69) is 142 Å². The van der Waals surface area contributed by atoms with Crippen molar-refractivity contribution in [2.24, 2.45) is 0 Å². The second-order valence-corrected chi connectivity index (χ2v) is 13.3. The number of hydrogen-bond acceptors (Lipinski definition) is 0. The van der Waals surface area contributed by atoms with Gasteiger partial charge >= 0.3 is 0 Å². The molecule has 1 unspecified atom stereocenters. The van der Waals surface area contributed by atoms with Crippen molar-refractivity contribution >= 4 is 29.2 Å². The van der Waals surface area contributed by atoms with Gasteiger partial charge in [-0.15, -0.1) is 0 Å². The zero-order chi connectivity index (χ0) is 22.8. The van der Waals surface area contributed by atoms with Gasteiger partial charge in [-0.05, 0) is 47.5 Å². The largest absolute Gasteiger partial charge is 0.158 e. The van der Waals surface area contributed by atoms with Crippen molar-refractivity contribution < 1.29 is 0 Å². The van der Waals surface area contributed by atoms with Crippen LogP contribution >= 0.6 is 0 Å². The van der Waals surface area contributed by atoms with Gasteiger partial charge in [0.05, 0.1) is 0 Å². The van der Waals surface area contributed by atoms with Crippen molar-refractivity contribution in [3.05, 3.63) is 144 Å². The van der Waals surface area contributed by atoms with Crippen LogP contribution in [0.1, 0.15) is 22.3 Å². The highest BCUT2D eigenvalue weighted by Crippen LogP contribution is 2.35. The average Bonchev–Trinajstić information content (AvgIpc) is 3.31. The van der Waals surface area contributed by atoms with E-state index in [1.807, 2.05) is 0 Å². The highest BCUT2D eigenvalue weighted by atomic mass is 28.3. The standard InChI is InChI=1S/C32H30Si/c1-24-10-7-15-29(20-24)33(30-16-8-11-25(2)21-30,31-17-9-12-26(3)22-31)32-19-18-28(23-32)27-13-5-4-6-14-27/h4-23,32H,1-3H3. The summed E-state index contributed by atoms with van der Waals surface area (Å²) in [5.74, 6) is 0. The van der Waals surface area contributed by atoms with Crippen LogP contribution in [0.25, 0.3) is 5.57 Å². The summed E-state index contributed by atoms with van der Waals surface area (Å²) in [5.41, 5.74) is 6.90. The van der Waals surface area contributed by atoms with Crippen molar-refractivity contribution in [3.63, 3.8) is 0 Å². The van der Waals surface area contributed by atoms with Gasteiger partial charge in [0.25, 0.3) is 0 Å². The molecule has 0 bridgehead atoms. The van der Waals surface area contributed by atoms with Crippen LogP contribution in [0, 0.1) is 20.8 Å². The van der Waals surface area contributed by atoms with Crippen molar-refractivity contribution in [1.82, 2.24) is 0 Å². The Kier molecular flexibility index (Phi) is 5.74. The first-order chi connectivity index (χ1) is 16.1. The molecular weight excluding hydrogens is 412 g/mol. The maximum atomic E-state index is 2.52. The lowest BCUT2D eigenvalue weighted by Crippen LogP contribution is -2.69. The molecule has 0 aromatic heterocycles. The van der Waals surface area contributed by atoms with E-state index in [4.69, 9.17) is 0 Å². The summed E-state index contributed by atoms with van der Waals surface area (Å²) in [6.07, 6.45) is 7.32. The maximum absolute atomic E-state index is 2.52. The zero-order valence-electron chi connectivity index (χ0n) is 19.6. The van der Waals surface area contributed by atoms with E-state index in [0.717, 1.165) is 0 Å². The van der Waals surface area contributed by atoms with Gasteiger partial charge in [0, 0.05) is 5.54 Å². The predicted molar refractivity (Wildman–Crippen MR) is 146 cm³/mol. The fraction of sp³-hybridized carbons (Fsp3) is 0.125. The summed E-state index contributed by atoms with van der Waals surface area (Å²) < 4.78 is 0. The molecule has 4 aromatic rings. The molecule has 0 N–H and O–H groups in total. The normalized spacial score (nSPS) is 15.5. The molecule has 1 aliphatic carbocycles. The highest BCUT2D eigenvalue weighted by Gasteiger charge is 2.45. The molecule has 1 heteroatoms. The van der Waals surface area contributed by atoms with E-state index in [1.54, 1.807) is 0 Å². The summed E-state index contributed by atoms with van der Waals surface area (Å²) in [7, 11) is -2.42. The monoisotopic (exact) mass is 442 g/mol. The lowest BCUT2D eigenvalue weighted by molar-refractivity contribution is 1.33. The maximum Gasteiger partial charge on any atom is 0.158 e. The Hall–Kier alpha value is -3.42. The van der Waals surface area contributed by atoms with Crippen LogP contribution in [-0.2, 0) is 0 Å². The fourth-order valence-electron chi connectivity index (χ4n) is 5.35. The van der Waals surface area contributed by atoms with Crippen molar-refractivity contribution in [3.8, 4) is 0 Å². The van der Waals surface area contributed by atoms with E-state index < -0.39 is 8.07 Å². The molecule has 0 saturated carbocycles. The minimum atomic E-state index is -2.42. The molecular formula is C32H30Si. The van der Waals surface area contributed by atoms with E-state index in [-0.39, 0.29) is 0 Å². The second-order valence-electron chi connectivity index (χ2n) is 9.29. The van der Waals surface area contributed by atoms with Gasteiger partial charge in [0.2, 0.25) is 0 Å². The lowest BCUT2D eigenvalue weighted by atomic mass is 10.1. The molecule has 4 aromatic carbocycles. The van der Waals surface area contributed by atoms with Crippen LogP contribution < -0.4 is 15.6 Å². The summed E-state index contributed by atoms with van der Waals surface area (Å²) in [6, 6.07) is 38.5. The molecule has 0 saturated heterocycles. The third kappa shape index (κ3) is 3.94. The summed E-state index contributed by atoms with van der Waals surface area (Å²) in [6.45, 7) is 6.64. The highest BCUT2D eigenvalue weighted by molar-refractivity contribution is 7.13. The van der Waals surface area contributed by atoms with Gasteiger partial charge in [-0.3, -0.25) is 0 Å². The number of aryl methyl sites for hydroxylation is 3. The Balaban J connectivity index is 1.83. The van der Waals surface area contributed by atoms with E-state index in [0.29, 0.717) is 5.54 Å². The molecule has 5 rings (SSSR count). The molecule has 1 atom stereocenters. The Morgan fingerprint density at radius 1 is 0.545 bits per heavy atom. The zero-order valence-corrected chi connectivity index (χ0v) is 20.6. The van der Waals surface area contributed by atoms with E-state index in [1.165, 1.54) is 43.4 Å². The van der Waals surface area contributed by atoms with Crippen LogP contribution in [0.5, 0.6) is 0 Å². The van der Waals surface area contributed by atoms with E-state index in [9.17, 15) is 0 Å². The van der Waals surface area contributed by atoms with Crippen LogP contribution in [0.4, 0.5) is 0 Å². The number of hydrogen-bond donors (Lipinski definition) is 0. The number of allylic oxidation sites excluding steroid dienone is 4. The third-order valence-electron chi connectivity index (χ3n) is 6.87. The molecule has 1 aliphatic rings. The smallest absolute Gasteiger partial charge is 0.0787 e. The summed E-state index contributed by atoms with van der Waals surface area (Å²) in [5, 5.41) is 4.41. The summed E-state index contributed by atoms with van der Waals surface area (Å²) >= 11 is 0. The molecule has 0 fully saturated rings. The molecule has 0 spiro atoms. The van der Waals surface area contributed by atoms with Crippen molar-refractivity contribution in [2.75, 3.05) is 0 Å². The average molecular weight is 443 g/mol. The topological polar surface area (TPSA) is 0 Å². The van der Waals surface area contributed by atoms with Crippen LogP contribution in [0.15, 0.2) is 121 Å². The molecule has 162 valence electrons. The first kappa shape index (κ1) is 21.4. The molecule has 0 aliphatic heterocycles. The van der Waals surface area contributed by atoms with Gasteiger partial charge in [0.1, 0.15) is 0 Å². The molecule has 0 radical (unpaired) electrons. The van der Waals surface area contributed by atoms with Crippen LogP contribution in [0.2, 0.25) is 5.54 Å². The van der Waals surface area contributed by atoms with Gasteiger partial charge in [-0.2, -0.15) is 0 Å².